The quantitative estimate of drug-likeness (QED) is 0.815. The molecular formula is C14H15ClN2O. The number of hydrogen-bond donors (Lipinski definition) is 2. The molecule has 1 aromatic heterocycles. The van der Waals surface area contributed by atoms with Crippen molar-refractivity contribution in [3.05, 3.63) is 48.7 Å². The van der Waals surface area contributed by atoms with Crippen LogP contribution in [-0.4, -0.2) is 28.6 Å². The van der Waals surface area contributed by atoms with E-state index in [-0.39, 0.29) is 5.88 Å². The van der Waals surface area contributed by atoms with Crippen LogP contribution < -0.4 is 5.32 Å². The van der Waals surface area contributed by atoms with Gasteiger partial charge in [-0.25, -0.2) is 0 Å². The lowest BCUT2D eigenvalue weighted by Gasteiger charge is -2.10. The van der Waals surface area contributed by atoms with Gasteiger partial charge in [0.1, 0.15) is 0 Å². The number of nitrogens with zero attached hydrogens (tertiary/aromatic N) is 1. The molecule has 0 radical (unpaired) electrons. The van der Waals surface area contributed by atoms with Gasteiger partial charge in [0.25, 0.3) is 0 Å². The van der Waals surface area contributed by atoms with Gasteiger partial charge in [-0.1, -0.05) is 18.2 Å². The minimum atomic E-state index is -0.526. The van der Waals surface area contributed by atoms with E-state index in [2.05, 4.69) is 10.3 Å². The Labute approximate surface area is 111 Å². The number of hydrogen-bond acceptors (Lipinski definition) is 3. The van der Waals surface area contributed by atoms with Crippen LogP contribution in [0.25, 0.3) is 11.3 Å². The maximum absolute atomic E-state index is 9.35. The molecule has 18 heavy (non-hydrogen) atoms. The lowest BCUT2D eigenvalue weighted by Crippen LogP contribution is -2.20. The van der Waals surface area contributed by atoms with Gasteiger partial charge in [-0.15, -0.1) is 11.6 Å². The van der Waals surface area contributed by atoms with Crippen LogP contribution in [0.3, 0.4) is 0 Å². The van der Waals surface area contributed by atoms with Crippen LogP contribution >= 0.6 is 11.6 Å². The average molecular weight is 263 g/mol. The number of aliphatic hydroxyl groups is 1. The van der Waals surface area contributed by atoms with E-state index < -0.39 is 6.10 Å². The molecule has 1 aromatic carbocycles. The lowest BCUT2D eigenvalue weighted by molar-refractivity contribution is 0.211. The molecule has 0 bridgehead atoms. The number of aliphatic hydroxyl groups excluding tert-OH is 1. The summed E-state index contributed by atoms with van der Waals surface area (Å²) in [5.74, 6) is 0.235. The van der Waals surface area contributed by atoms with E-state index in [0.717, 1.165) is 16.9 Å². The first kappa shape index (κ1) is 12.9. The third-order valence-corrected chi connectivity index (χ3v) is 2.92. The van der Waals surface area contributed by atoms with Gasteiger partial charge in [0, 0.05) is 24.0 Å². The van der Waals surface area contributed by atoms with Crippen LogP contribution in [0, 0.1) is 0 Å². The van der Waals surface area contributed by atoms with Crippen molar-refractivity contribution in [1.82, 2.24) is 4.98 Å². The van der Waals surface area contributed by atoms with E-state index in [1.807, 2.05) is 42.5 Å². The highest BCUT2D eigenvalue weighted by molar-refractivity contribution is 6.18. The van der Waals surface area contributed by atoms with Crippen molar-refractivity contribution in [3.8, 4) is 11.3 Å². The molecule has 0 amide bonds. The highest BCUT2D eigenvalue weighted by atomic mass is 35.5. The number of halogens is 1. The Morgan fingerprint density at radius 1 is 1.17 bits per heavy atom. The molecule has 3 nitrogen and oxygen atoms in total. The summed E-state index contributed by atoms with van der Waals surface area (Å²) in [5, 5.41) is 12.5. The zero-order chi connectivity index (χ0) is 12.8. The normalized spacial score (nSPS) is 12.1. The smallest absolute Gasteiger partial charge is 0.0847 e. The van der Waals surface area contributed by atoms with Crippen LogP contribution in [0.5, 0.6) is 0 Å². The SMILES string of the molecule is OC(CCl)CNc1ccc(-c2ccccn2)cc1. The molecule has 0 aliphatic heterocycles. The summed E-state index contributed by atoms with van der Waals surface area (Å²) in [7, 11) is 0. The molecule has 0 saturated carbocycles. The van der Waals surface area contributed by atoms with Gasteiger partial charge in [-0.05, 0) is 24.3 Å². The van der Waals surface area contributed by atoms with E-state index in [1.54, 1.807) is 6.20 Å². The number of nitrogens with one attached hydrogen (secondary N) is 1. The molecule has 1 unspecified atom stereocenters. The zero-order valence-electron chi connectivity index (χ0n) is 9.88. The fourth-order valence-corrected chi connectivity index (χ4v) is 1.69. The molecule has 0 aliphatic rings. The van der Waals surface area contributed by atoms with Crippen molar-refractivity contribution in [2.75, 3.05) is 17.7 Å². The number of benzene rings is 1. The molecule has 2 aromatic rings. The summed E-state index contributed by atoms with van der Waals surface area (Å²) >= 11 is 5.53. The van der Waals surface area contributed by atoms with Crippen LogP contribution in [0.2, 0.25) is 0 Å². The Morgan fingerprint density at radius 3 is 2.56 bits per heavy atom. The van der Waals surface area contributed by atoms with Crippen molar-refractivity contribution >= 4 is 17.3 Å². The van der Waals surface area contributed by atoms with E-state index in [0.29, 0.717) is 6.54 Å². The third-order valence-electron chi connectivity index (χ3n) is 2.57. The molecular weight excluding hydrogens is 248 g/mol. The van der Waals surface area contributed by atoms with E-state index in [9.17, 15) is 5.11 Å². The molecule has 2 rings (SSSR count). The predicted molar refractivity (Wildman–Crippen MR) is 74.9 cm³/mol. The predicted octanol–water partition coefficient (Wildman–Crippen LogP) is 2.76. The van der Waals surface area contributed by atoms with Crippen molar-refractivity contribution in [2.45, 2.75) is 6.10 Å². The molecule has 0 saturated heterocycles. The second-order valence-electron chi connectivity index (χ2n) is 3.98. The maximum Gasteiger partial charge on any atom is 0.0847 e. The first-order valence-electron chi connectivity index (χ1n) is 5.79. The topological polar surface area (TPSA) is 45.1 Å². The van der Waals surface area contributed by atoms with E-state index >= 15 is 0 Å². The fraction of sp³-hybridized carbons (Fsp3) is 0.214. The van der Waals surface area contributed by atoms with Crippen LogP contribution in [0.4, 0.5) is 5.69 Å². The standard InChI is InChI=1S/C14H15ClN2O/c15-9-13(18)10-17-12-6-4-11(5-7-12)14-3-1-2-8-16-14/h1-8,13,17-18H,9-10H2. The van der Waals surface area contributed by atoms with Gasteiger partial charge in [0.15, 0.2) is 0 Å². The van der Waals surface area contributed by atoms with Crippen molar-refractivity contribution in [3.63, 3.8) is 0 Å². The number of aromatic nitrogens is 1. The Balaban J connectivity index is 2.02. The first-order chi connectivity index (χ1) is 8.79. The zero-order valence-corrected chi connectivity index (χ0v) is 10.6. The summed E-state index contributed by atoms with van der Waals surface area (Å²) in [6.07, 6.45) is 1.25. The second kappa shape index (κ2) is 6.38. The summed E-state index contributed by atoms with van der Waals surface area (Å²) in [4.78, 5) is 4.29. The number of rotatable bonds is 5. The minimum absolute atomic E-state index is 0.235. The van der Waals surface area contributed by atoms with Gasteiger partial charge < -0.3 is 10.4 Å². The summed E-state index contributed by atoms with van der Waals surface area (Å²) in [5.41, 5.74) is 2.97. The Hall–Kier alpha value is -1.58. The van der Waals surface area contributed by atoms with Crippen molar-refractivity contribution in [2.24, 2.45) is 0 Å². The molecule has 1 atom stereocenters. The van der Waals surface area contributed by atoms with Crippen molar-refractivity contribution < 1.29 is 5.11 Å². The molecule has 94 valence electrons. The molecule has 0 spiro atoms. The Morgan fingerprint density at radius 2 is 1.94 bits per heavy atom. The molecule has 2 N–H and O–H groups in total. The fourth-order valence-electron chi connectivity index (χ4n) is 1.58. The number of pyridine rings is 1. The third kappa shape index (κ3) is 3.45. The number of alkyl halides is 1. The Bertz CT molecular complexity index is 473. The van der Waals surface area contributed by atoms with Crippen molar-refractivity contribution in [1.29, 1.82) is 0 Å². The Kier molecular flexibility index (Phi) is 4.56. The summed E-state index contributed by atoms with van der Waals surface area (Å²) in [6.45, 7) is 0.451. The van der Waals surface area contributed by atoms with Gasteiger partial charge >= 0.3 is 0 Å². The molecule has 4 heteroatoms. The summed E-state index contributed by atoms with van der Waals surface area (Å²) in [6, 6.07) is 13.8. The molecule has 1 heterocycles. The highest BCUT2D eigenvalue weighted by Gasteiger charge is 2.02. The van der Waals surface area contributed by atoms with E-state index in [4.69, 9.17) is 11.6 Å². The van der Waals surface area contributed by atoms with Gasteiger partial charge in [-0.3, -0.25) is 4.98 Å². The van der Waals surface area contributed by atoms with Gasteiger partial charge in [0.05, 0.1) is 17.7 Å². The lowest BCUT2D eigenvalue weighted by atomic mass is 10.1. The van der Waals surface area contributed by atoms with Gasteiger partial charge in [-0.2, -0.15) is 0 Å². The van der Waals surface area contributed by atoms with Gasteiger partial charge in [0.2, 0.25) is 0 Å². The second-order valence-corrected chi connectivity index (χ2v) is 4.29. The van der Waals surface area contributed by atoms with E-state index in [1.165, 1.54) is 0 Å². The highest BCUT2D eigenvalue weighted by Crippen LogP contribution is 2.18. The molecule has 0 aliphatic carbocycles. The maximum atomic E-state index is 9.35. The van der Waals surface area contributed by atoms with Crippen LogP contribution in [-0.2, 0) is 0 Å². The monoisotopic (exact) mass is 262 g/mol. The summed E-state index contributed by atoms with van der Waals surface area (Å²) < 4.78 is 0. The largest absolute Gasteiger partial charge is 0.390 e. The van der Waals surface area contributed by atoms with Crippen LogP contribution in [0.15, 0.2) is 48.7 Å². The average Bonchev–Trinajstić information content (AvgIpc) is 2.46. The molecule has 0 fully saturated rings. The number of anilines is 1. The first-order valence-corrected chi connectivity index (χ1v) is 6.32. The minimum Gasteiger partial charge on any atom is -0.390 e. The van der Waals surface area contributed by atoms with Crippen LogP contribution in [0.1, 0.15) is 0 Å².